The molecule has 1 aromatic carbocycles. The number of carbonyl (C=O) groups excluding carboxylic acids is 2. The van der Waals surface area contributed by atoms with E-state index in [0.29, 0.717) is 44.3 Å². The van der Waals surface area contributed by atoms with E-state index in [4.69, 9.17) is 4.74 Å². The summed E-state index contributed by atoms with van der Waals surface area (Å²) < 4.78 is 6.46. The van der Waals surface area contributed by atoms with Gasteiger partial charge in [-0.1, -0.05) is 17.8 Å². The number of rotatable bonds is 2. The number of Topliss-reactive ketones (excluding diaryl/α,β-unsaturated/α-hetero) is 1. The number of ketones is 1. The van der Waals surface area contributed by atoms with E-state index in [-0.39, 0.29) is 11.7 Å². The van der Waals surface area contributed by atoms with Crippen LogP contribution in [-0.4, -0.2) is 58.4 Å². The van der Waals surface area contributed by atoms with Crippen LogP contribution >= 0.6 is 11.8 Å². The van der Waals surface area contributed by atoms with E-state index < -0.39 is 5.60 Å². The van der Waals surface area contributed by atoms with Crippen molar-refractivity contribution in [3.8, 4) is 5.75 Å². The lowest BCUT2D eigenvalue weighted by Gasteiger charge is -2.44. The molecule has 1 aromatic rings. The van der Waals surface area contributed by atoms with Gasteiger partial charge in [-0.3, -0.25) is 14.6 Å². The zero-order valence-corrected chi connectivity index (χ0v) is 17.7. The van der Waals surface area contributed by atoms with Crippen LogP contribution in [0.3, 0.4) is 0 Å². The van der Waals surface area contributed by atoms with E-state index in [1.54, 1.807) is 11.8 Å². The summed E-state index contributed by atoms with van der Waals surface area (Å²) in [5, 5.41) is 3.07. The molecule has 4 heterocycles. The van der Waals surface area contributed by atoms with E-state index in [1.807, 2.05) is 36.3 Å². The van der Waals surface area contributed by atoms with Crippen molar-refractivity contribution in [1.29, 1.82) is 0 Å². The third-order valence-corrected chi connectivity index (χ3v) is 7.54. The quantitative estimate of drug-likeness (QED) is 0.747. The van der Waals surface area contributed by atoms with Gasteiger partial charge >= 0.3 is 0 Å². The topological polar surface area (TPSA) is 62.2 Å². The summed E-state index contributed by atoms with van der Waals surface area (Å²) in [4.78, 5) is 34.2. The number of hydrogen-bond acceptors (Lipinski definition) is 6. The Kier molecular flexibility index (Phi) is 4.46. The van der Waals surface area contributed by atoms with Gasteiger partial charge in [-0.2, -0.15) is 0 Å². The van der Waals surface area contributed by atoms with Gasteiger partial charge in [0.15, 0.2) is 11.0 Å². The number of carbonyl (C=O) groups is 2. The molecule has 1 spiro atoms. The molecule has 0 N–H and O–H groups in total. The van der Waals surface area contributed by atoms with Gasteiger partial charge in [0.2, 0.25) is 5.91 Å². The predicted molar refractivity (Wildman–Crippen MR) is 113 cm³/mol. The zero-order valence-electron chi connectivity index (χ0n) is 16.9. The summed E-state index contributed by atoms with van der Waals surface area (Å²) in [5.74, 6) is 1.05. The highest BCUT2D eigenvalue weighted by molar-refractivity contribution is 8.16. The largest absolute Gasteiger partial charge is 0.486 e. The summed E-state index contributed by atoms with van der Waals surface area (Å²) in [7, 11) is 0. The van der Waals surface area contributed by atoms with Crippen LogP contribution in [0.15, 0.2) is 28.2 Å². The molecule has 1 saturated heterocycles. The van der Waals surface area contributed by atoms with Crippen LogP contribution in [0.5, 0.6) is 5.75 Å². The van der Waals surface area contributed by atoms with Gasteiger partial charge in [-0.05, 0) is 36.4 Å². The van der Waals surface area contributed by atoms with Crippen molar-refractivity contribution in [1.82, 2.24) is 9.80 Å². The lowest BCUT2D eigenvalue weighted by atomic mass is 9.81. The molecule has 1 fully saturated rings. The minimum atomic E-state index is -0.476. The maximum Gasteiger partial charge on any atom is 0.228 e. The van der Waals surface area contributed by atoms with Crippen LogP contribution in [0.4, 0.5) is 0 Å². The molecule has 5 rings (SSSR count). The number of aliphatic imine (C=N–C) groups is 1. The van der Waals surface area contributed by atoms with Crippen LogP contribution in [0.2, 0.25) is 0 Å². The van der Waals surface area contributed by atoms with Crippen LogP contribution in [0, 0.1) is 13.8 Å². The smallest absolute Gasteiger partial charge is 0.228 e. The van der Waals surface area contributed by atoms with Gasteiger partial charge in [0.1, 0.15) is 11.4 Å². The summed E-state index contributed by atoms with van der Waals surface area (Å²) >= 11 is 1.61. The molecule has 7 heteroatoms. The zero-order chi connectivity index (χ0) is 20.2. The highest BCUT2D eigenvalue weighted by Crippen LogP contribution is 2.42. The number of benzene rings is 1. The molecule has 4 aliphatic heterocycles. The Bertz CT molecular complexity index is 960. The lowest BCUT2D eigenvalue weighted by molar-refractivity contribution is -0.134. The summed E-state index contributed by atoms with van der Waals surface area (Å²) in [6, 6.07) is 3.87. The fourth-order valence-corrected chi connectivity index (χ4v) is 5.56. The molecule has 6 nitrogen and oxygen atoms in total. The Balaban J connectivity index is 1.26. The Morgan fingerprint density at radius 1 is 1.24 bits per heavy atom. The number of nitrogens with zero attached hydrogens (tertiary/aromatic N) is 3. The SMILES string of the molecule is Cc1ccc2c(c1C)OC1(CCN(C(=O)CC3=CSC4=NCCN34)CC1)CC2=O. The molecule has 4 aliphatic rings. The molecular formula is C22H25N3O3S. The molecule has 152 valence electrons. The summed E-state index contributed by atoms with van der Waals surface area (Å²) in [5.41, 5.74) is 3.46. The summed E-state index contributed by atoms with van der Waals surface area (Å²) in [6.07, 6.45) is 2.21. The molecule has 0 saturated carbocycles. The van der Waals surface area contributed by atoms with Crippen molar-refractivity contribution >= 4 is 28.6 Å². The molecule has 0 radical (unpaired) electrons. The molecule has 0 aliphatic carbocycles. The second-order valence-corrected chi connectivity index (χ2v) is 9.21. The Labute approximate surface area is 175 Å². The van der Waals surface area contributed by atoms with Gasteiger partial charge in [-0.25, -0.2) is 0 Å². The standard InChI is InChI=1S/C22H25N3O3S/c1-14-3-4-17-18(26)12-22(28-20(17)15(14)2)5-8-24(9-6-22)19(27)11-16-13-29-21-23-7-10-25(16)21/h3-4,13H,5-12H2,1-2H3. The first-order chi connectivity index (χ1) is 14.0. The highest BCUT2D eigenvalue weighted by Gasteiger charge is 2.44. The number of fused-ring (bicyclic) bond motifs is 2. The second kappa shape index (κ2) is 6.90. The number of likely N-dealkylation sites (tertiary alicyclic amines) is 1. The number of piperidine rings is 1. The molecule has 0 aromatic heterocycles. The minimum absolute atomic E-state index is 0.148. The van der Waals surface area contributed by atoms with Crippen molar-refractivity contribution in [2.24, 2.45) is 4.99 Å². The van der Waals surface area contributed by atoms with Gasteiger partial charge in [0.05, 0.1) is 24.9 Å². The number of amidine groups is 1. The van der Waals surface area contributed by atoms with Crippen molar-refractivity contribution in [2.45, 2.75) is 45.1 Å². The first-order valence-electron chi connectivity index (χ1n) is 10.2. The molecule has 1 amide bonds. The Morgan fingerprint density at radius 3 is 2.83 bits per heavy atom. The monoisotopic (exact) mass is 411 g/mol. The van der Waals surface area contributed by atoms with Crippen LogP contribution in [0.25, 0.3) is 0 Å². The van der Waals surface area contributed by atoms with Crippen molar-refractivity contribution in [2.75, 3.05) is 26.2 Å². The predicted octanol–water partition coefficient (Wildman–Crippen LogP) is 3.28. The first-order valence-corrected chi connectivity index (χ1v) is 11.1. The number of ether oxygens (including phenoxy) is 1. The van der Waals surface area contributed by atoms with Gasteiger partial charge in [0, 0.05) is 38.2 Å². The maximum absolute atomic E-state index is 12.9. The maximum atomic E-state index is 12.9. The normalized spacial score (nSPS) is 22.2. The van der Waals surface area contributed by atoms with Crippen molar-refractivity contribution < 1.29 is 14.3 Å². The minimum Gasteiger partial charge on any atom is -0.486 e. The molecule has 29 heavy (non-hydrogen) atoms. The second-order valence-electron chi connectivity index (χ2n) is 8.37. The van der Waals surface area contributed by atoms with E-state index >= 15 is 0 Å². The molecule has 0 bridgehead atoms. The van der Waals surface area contributed by atoms with E-state index in [2.05, 4.69) is 9.89 Å². The van der Waals surface area contributed by atoms with Crippen LogP contribution in [-0.2, 0) is 4.79 Å². The van der Waals surface area contributed by atoms with Crippen molar-refractivity contribution in [3.05, 3.63) is 39.9 Å². The Hall–Kier alpha value is -2.28. The molecular weight excluding hydrogens is 386 g/mol. The average molecular weight is 412 g/mol. The molecule has 0 unspecified atom stereocenters. The van der Waals surface area contributed by atoms with E-state index in [9.17, 15) is 9.59 Å². The van der Waals surface area contributed by atoms with Gasteiger partial charge in [-0.15, -0.1) is 0 Å². The van der Waals surface area contributed by atoms with Crippen LogP contribution < -0.4 is 4.74 Å². The third-order valence-electron chi connectivity index (χ3n) is 6.59. The number of amides is 1. The third kappa shape index (κ3) is 3.16. The number of aryl methyl sites for hydroxylation is 1. The number of hydrogen-bond donors (Lipinski definition) is 0. The van der Waals surface area contributed by atoms with E-state index in [0.717, 1.165) is 40.8 Å². The highest BCUT2D eigenvalue weighted by atomic mass is 32.2. The fourth-order valence-electron chi connectivity index (χ4n) is 4.61. The average Bonchev–Trinajstić information content (AvgIpc) is 3.31. The molecule has 0 atom stereocenters. The van der Waals surface area contributed by atoms with Crippen LogP contribution in [0.1, 0.15) is 47.2 Å². The summed E-state index contributed by atoms with van der Waals surface area (Å²) in [6.45, 7) is 7.01. The van der Waals surface area contributed by atoms with Gasteiger partial charge < -0.3 is 14.5 Å². The van der Waals surface area contributed by atoms with Gasteiger partial charge in [0.25, 0.3) is 0 Å². The van der Waals surface area contributed by atoms with Crippen molar-refractivity contribution in [3.63, 3.8) is 0 Å². The fraction of sp³-hybridized carbons (Fsp3) is 0.500. The number of thioether (sulfide) groups is 1. The lowest BCUT2D eigenvalue weighted by Crippen LogP contribution is -2.52. The first kappa shape index (κ1) is 18.7. The Morgan fingerprint density at radius 2 is 2.03 bits per heavy atom. The van der Waals surface area contributed by atoms with E-state index in [1.165, 1.54) is 0 Å².